The highest BCUT2D eigenvalue weighted by atomic mass is 32.2. The maximum absolute atomic E-state index is 12.8. The van der Waals surface area contributed by atoms with Gasteiger partial charge in [0, 0.05) is 36.1 Å². The molecule has 2 aromatic heterocycles. The maximum atomic E-state index is 12.8. The van der Waals surface area contributed by atoms with Crippen molar-refractivity contribution in [3.63, 3.8) is 0 Å². The molecule has 0 saturated carbocycles. The first-order valence-corrected chi connectivity index (χ1v) is 11.6. The van der Waals surface area contributed by atoms with Crippen LogP contribution in [0.25, 0.3) is 0 Å². The molecule has 2 amide bonds. The molecule has 1 fully saturated rings. The molecule has 0 radical (unpaired) electrons. The van der Waals surface area contributed by atoms with E-state index in [1.54, 1.807) is 6.07 Å². The van der Waals surface area contributed by atoms with E-state index in [1.165, 1.54) is 40.6 Å². The van der Waals surface area contributed by atoms with Gasteiger partial charge in [0.2, 0.25) is 5.88 Å². The summed E-state index contributed by atoms with van der Waals surface area (Å²) in [6.07, 6.45) is -0.734. The molecule has 176 valence electrons. The van der Waals surface area contributed by atoms with Gasteiger partial charge in [-0.3, -0.25) is 18.8 Å². The Kier molecular flexibility index (Phi) is 6.23. The Morgan fingerprint density at radius 2 is 2.00 bits per heavy atom. The van der Waals surface area contributed by atoms with Gasteiger partial charge in [0.25, 0.3) is 11.8 Å². The zero-order chi connectivity index (χ0) is 23.8. The highest BCUT2D eigenvalue weighted by molar-refractivity contribution is 7.84. The van der Waals surface area contributed by atoms with Gasteiger partial charge >= 0.3 is 6.18 Å². The molecule has 4 heterocycles. The quantitative estimate of drug-likeness (QED) is 0.592. The summed E-state index contributed by atoms with van der Waals surface area (Å²) in [5.41, 5.74) is 1.38. The number of carbonyl (C=O) groups is 2. The number of halogens is 3. The van der Waals surface area contributed by atoms with E-state index >= 15 is 0 Å². The van der Waals surface area contributed by atoms with Gasteiger partial charge in [-0.25, -0.2) is 4.98 Å². The number of carbonyl (C=O) groups excluding carboxylic acids is 2. The van der Waals surface area contributed by atoms with Crippen LogP contribution in [-0.4, -0.2) is 68.5 Å². The predicted octanol–water partition coefficient (Wildman–Crippen LogP) is 1.89. The number of anilines is 1. The van der Waals surface area contributed by atoms with Gasteiger partial charge in [0.05, 0.1) is 41.8 Å². The minimum absolute atomic E-state index is 0.108. The summed E-state index contributed by atoms with van der Waals surface area (Å²) >= 11 is 0. The monoisotopic (exact) mass is 484 g/mol. The average molecular weight is 484 g/mol. The number of ether oxygens (including phenoxy) is 2. The van der Waals surface area contributed by atoms with Crippen molar-refractivity contribution in [3.05, 3.63) is 41.9 Å². The molecule has 33 heavy (non-hydrogen) atoms. The molecule has 4 rings (SSSR count). The van der Waals surface area contributed by atoms with Crippen LogP contribution < -0.4 is 14.4 Å². The second kappa shape index (κ2) is 8.96. The van der Waals surface area contributed by atoms with Crippen LogP contribution in [0.5, 0.6) is 11.6 Å². The van der Waals surface area contributed by atoms with E-state index in [0.29, 0.717) is 29.9 Å². The smallest absolute Gasteiger partial charge is 0.422 e. The first-order chi connectivity index (χ1) is 15.6. The topological polar surface area (TPSA) is 102 Å². The van der Waals surface area contributed by atoms with Crippen LogP contribution in [-0.2, 0) is 22.1 Å². The lowest BCUT2D eigenvalue weighted by molar-refractivity contribution is -0.154. The fourth-order valence-electron chi connectivity index (χ4n) is 3.55. The van der Waals surface area contributed by atoms with Crippen LogP contribution in [0.15, 0.2) is 30.6 Å². The molecular weight excluding hydrogens is 465 g/mol. The highest BCUT2D eigenvalue weighted by Gasteiger charge is 2.36. The van der Waals surface area contributed by atoms with Gasteiger partial charge in [-0.05, 0) is 12.1 Å². The van der Waals surface area contributed by atoms with E-state index < -0.39 is 29.7 Å². The highest BCUT2D eigenvalue weighted by Crippen LogP contribution is 2.29. The van der Waals surface area contributed by atoms with E-state index in [0.717, 1.165) is 0 Å². The normalized spacial score (nSPS) is 19.1. The second-order valence-electron chi connectivity index (χ2n) is 7.51. The second-order valence-corrected chi connectivity index (χ2v) is 8.92. The molecule has 2 aromatic rings. The Balaban J connectivity index is 1.40. The van der Waals surface area contributed by atoms with E-state index in [9.17, 15) is 27.0 Å². The first-order valence-electron chi connectivity index (χ1n) is 9.82. The lowest BCUT2D eigenvalue weighted by Crippen LogP contribution is -2.32. The zero-order valence-electron chi connectivity index (χ0n) is 17.4. The Hall–Kier alpha value is -3.22. The number of nitrogens with zero attached hydrogens (tertiary/aromatic N) is 4. The van der Waals surface area contributed by atoms with Crippen LogP contribution in [0, 0.1) is 0 Å². The summed E-state index contributed by atoms with van der Waals surface area (Å²) in [6.45, 7) is -0.855. The van der Waals surface area contributed by atoms with E-state index in [4.69, 9.17) is 4.74 Å². The third-order valence-corrected chi connectivity index (χ3v) is 5.67. The third kappa shape index (κ3) is 5.24. The van der Waals surface area contributed by atoms with E-state index in [-0.39, 0.29) is 35.9 Å². The van der Waals surface area contributed by atoms with Crippen molar-refractivity contribution < 1.29 is 36.4 Å². The summed E-state index contributed by atoms with van der Waals surface area (Å²) in [6, 6.07) is 4.19. The van der Waals surface area contributed by atoms with Crippen LogP contribution in [0.3, 0.4) is 0 Å². The summed E-state index contributed by atoms with van der Waals surface area (Å²) in [5, 5.41) is 0. The largest absolute Gasteiger partial charge is 0.479 e. The van der Waals surface area contributed by atoms with Crippen molar-refractivity contribution in [2.24, 2.45) is 0 Å². The third-order valence-electron chi connectivity index (χ3n) is 4.99. The maximum Gasteiger partial charge on any atom is 0.422 e. The molecule has 0 aliphatic carbocycles. The molecule has 1 saturated heterocycles. The Bertz CT molecular complexity index is 1100. The molecule has 0 unspecified atom stereocenters. The van der Waals surface area contributed by atoms with Crippen molar-refractivity contribution in [1.82, 2.24) is 14.9 Å². The molecule has 0 spiro atoms. The van der Waals surface area contributed by atoms with Gasteiger partial charge < -0.3 is 19.3 Å². The average Bonchev–Trinajstić information content (AvgIpc) is 3.26. The van der Waals surface area contributed by atoms with Crippen LogP contribution in [0.4, 0.5) is 18.9 Å². The fraction of sp³-hybridized carbons (Fsp3) is 0.400. The van der Waals surface area contributed by atoms with Gasteiger partial charge in [-0.15, -0.1) is 0 Å². The molecule has 9 nitrogen and oxygen atoms in total. The number of rotatable bonds is 7. The van der Waals surface area contributed by atoms with Gasteiger partial charge in [-0.2, -0.15) is 13.2 Å². The number of alkyl halides is 3. The molecular formula is C20H19F3N4O5S. The number of aromatic nitrogens is 2. The molecule has 0 aromatic carbocycles. The van der Waals surface area contributed by atoms with Crippen molar-refractivity contribution in [1.29, 1.82) is 0 Å². The number of pyridine rings is 2. The van der Waals surface area contributed by atoms with Crippen molar-refractivity contribution in [3.8, 4) is 11.6 Å². The molecule has 13 heteroatoms. The summed E-state index contributed by atoms with van der Waals surface area (Å²) in [4.78, 5) is 36.4. The fourth-order valence-corrected chi connectivity index (χ4v) is 4.20. The van der Waals surface area contributed by atoms with Crippen molar-refractivity contribution in [2.75, 3.05) is 30.2 Å². The Morgan fingerprint density at radius 3 is 2.67 bits per heavy atom. The minimum atomic E-state index is -4.47. The van der Waals surface area contributed by atoms with Crippen LogP contribution in [0.1, 0.15) is 22.5 Å². The number of hydrogen-bond acceptors (Lipinski definition) is 7. The predicted molar refractivity (Wildman–Crippen MR) is 110 cm³/mol. The van der Waals surface area contributed by atoms with Gasteiger partial charge in [0.1, 0.15) is 5.75 Å². The van der Waals surface area contributed by atoms with E-state index in [1.807, 2.05) is 0 Å². The lowest BCUT2D eigenvalue weighted by atomic mass is 10.2. The van der Waals surface area contributed by atoms with Crippen LogP contribution >= 0.6 is 0 Å². The molecule has 2 atom stereocenters. The number of fused-ring (bicyclic) bond motifs is 1. The van der Waals surface area contributed by atoms with Crippen molar-refractivity contribution in [2.45, 2.75) is 25.2 Å². The summed E-state index contributed by atoms with van der Waals surface area (Å²) < 4.78 is 58.3. The Labute approximate surface area is 189 Å². The van der Waals surface area contributed by atoms with Crippen molar-refractivity contribution >= 4 is 28.3 Å². The lowest BCUT2D eigenvalue weighted by Gasteiger charge is -2.17. The number of hydrogen-bond donors (Lipinski definition) is 0. The molecule has 2 aliphatic rings. The van der Waals surface area contributed by atoms with Gasteiger partial charge in [0.15, 0.2) is 12.7 Å². The minimum Gasteiger partial charge on any atom is -0.479 e. The molecule has 0 N–H and O–H groups in total. The zero-order valence-corrected chi connectivity index (χ0v) is 18.2. The summed E-state index contributed by atoms with van der Waals surface area (Å²) in [7, 11) is -1.18. The summed E-state index contributed by atoms with van der Waals surface area (Å²) in [5.74, 6) is -0.523. The Morgan fingerprint density at radius 1 is 1.21 bits per heavy atom. The van der Waals surface area contributed by atoms with Gasteiger partial charge in [-0.1, -0.05) is 0 Å². The first kappa shape index (κ1) is 23.0. The SMILES string of the molecule is C[S@@](=O)CN1Cc2ncc(N3CC[C@@H](Oc4ccc(OCC(F)(F)F)nc4)C3=O)cc2C1=O. The molecule has 2 aliphatic heterocycles. The number of amides is 2. The standard InChI is InChI=1S/C20H19F3N4O5S/c1-33(30)11-26-9-15-14(18(26)28)6-12(7-24-15)27-5-4-16(19(27)29)32-13-2-3-17(25-8-13)31-10-20(21,22)23/h2-3,6-8,16H,4-5,9-11H2,1H3/t16-,33-/m1/s1. The molecule has 0 bridgehead atoms. The van der Waals surface area contributed by atoms with Crippen LogP contribution in [0.2, 0.25) is 0 Å². The van der Waals surface area contributed by atoms with E-state index in [2.05, 4.69) is 14.7 Å².